The van der Waals surface area contributed by atoms with Gasteiger partial charge in [0.15, 0.2) is 0 Å². The Labute approximate surface area is 123 Å². The number of amides is 2. The highest BCUT2D eigenvalue weighted by Gasteiger charge is 2.08. The first-order chi connectivity index (χ1) is 9.43. The molecule has 1 rings (SSSR count). The van der Waals surface area contributed by atoms with Gasteiger partial charge in [-0.1, -0.05) is 24.6 Å². The summed E-state index contributed by atoms with van der Waals surface area (Å²) >= 11 is 5.98. The third-order valence-electron chi connectivity index (χ3n) is 2.65. The topological polar surface area (TPSA) is 70.6 Å². The predicted octanol–water partition coefficient (Wildman–Crippen LogP) is 2.88. The van der Waals surface area contributed by atoms with Gasteiger partial charge in [0.1, 0.15) is 0 Å². The minimum atomic E-state index is -0.206. The number of nitrogens with one attached hydrogen (secondary N) is 2. The molecule has 5 nitrogen and oxygen atoms in total. The summed E-state index contributed by atoms with van der Waals surface area (Å²) in [7, 11) is 0. The molecule has 6 heteroatoms. The number of carbonyl (C=O) groups excluding carboxylic acids is 2. The van der Waals surface area contributed by atoms with E-state index in [1.54, 1.807) is 32.0 Å². The first-order valence-electron chi connectivity index (χ1n) is 6.31. The number of hydrogen-bond donors (Lipinski definition) is 2. The first-order valence-corrected chi connectivity index (χ1v) is 6.68. The second kappa shape index (κ2) is 7.65. The third-order valence-corrected chi connectivity index (χ3v) is 3.06. The van der Waals surface area contributed by atoms with Crippen molar-refractivity contribution in [2.24, 2.45) is 5.10 Å². The fraction of sp³-hybridized carbons (Fsp3) is 0.357. The van der Waals surface area contributed by atoms with Crippen molar-refractivity contribution in [3.05, 3.63) is 28.8 Å². The van der Waals surface area contributed by atoms with Crippen molar-refractivity contribution in [1.82, 2.24) is 5.43 Å². The van der Waals surface area contributed by atoms with Crippen molar-refractivity contribution in [2.75, 3.05) is 5.32 Å². The average molecular weight is 296 g/mol. The Morgan fingerprint density at radius 3 is 2.65 bits per heavy atom. The number of benzene rings is 1. The predicted molar refractivity (Wildman–Crippen MR) is 81.0 cm³/mol. The number of nitrogens with zero attached hydrogens (tertiary/aromatic N) is 1. The fourth-order valence-electron chi connectivity index (χ4n) is 1.45. The molecule has 1 aromatic carbocycles. The van der Waals surface area contributed by atoms with Crippen LogP contribution in [-0.2, 0) is 9.59 Å². The van der Waals surface area contributed by atoms with E-state index in [4.69, 9.17) is 11.6 Å². The molecule has 0 aliphatic rings. The largest absolute Gasteiger partial charge is 0.325 e. The number of hydrogen-bond acceptors (Lipinski definition) is 3. The zero-order chi connectivity index (χ0) is 15.1. The summed E-state index contributed by atoms with van der Waals surface area (Å²) in [6.07, 6.45) is 0.459. The lowest BCUT2D eigenvalue weighted by atomic mass is 10.2. The van der Waals surface area contributed by atoms with Gasteiger partial charge in [-0.05, 0) is 31.5 Å². The van der Waals surface area contributed by atoms with E-state index in [1.807, 2.05) is 6.92 Å². The molecule has 0 radical (unpaired) electrons. The van der Waals surface area contributed by atoms with Gasteiger partial charge in [-0.2, -0.15) is 5.10 Å². The van der Waals surface area contributed by atoms with Crippen molar-refractivity contribution in [1.29, 1.82) is 0 Å². The Morgan fingerprint density at radius 2 is 2.00 bits per heavy atom. The van der Waals surface area contributed by atoms with Gasteiger partial charge in [-0.25, -0.2) is 5.43 Å². The van der Waals surface area contributed by atoms with E-state index in [9.17, 15) is 9.59 Å². The number of carbonyl (C=O) groups is 2. The van der Waals surface area contributed by atoms with Crippen LogP contribution < -0.4 is 10.7 Å². The molecule has 0 fully saturated rings. The SMILES string of the molecule is CCC(=O)N/N=C(\C)CC(=O)Nc1cccc(Cl)c1C. The van der Waals surface area contributed by atoms with Crippen LogP contribution in [0.15, 0.2) is 23.3 Å². The second-order valence-corrected chi connectivity index (χ2v) is 4.78. The molecule has 0 unspecified atom stereocenters. The number of hydrazone groups is 1. The number of halogens is 1. The lowest BCUT2D eigenvalue weighted by Crippen LogP contribution is -2.20. The third kappa shape index (κ3) is 5.01. The summed E-state index contributed by atoms with van der Waals surface area (Å²) < 4.78 is 0. The van der Waals surface area contributed by atoms with Crippen molar-refractivity contribution in [3.63, 3.8) is 0 Å². The summed E-state index contributed by atoms with van der Waals surface area (Å²) in [5, 5.41) is 7.21. The van der Waals surface area contributed by atoms with Gasteiger partial charge < -0.3 is 5.32 Å². The average Bonchev–Trinajstić information content (AvgIpc) is 2.41. The maximum absolute atomic E-state index is 11.9. The van der Waals surface area contributed by atoms with E-state index < -0.39 is 0 Å². The van der Waals surface area contributed by atoms with Gasteiger partial charge in [0.25, 0.3) is 0 Å². The monoisotopic (exact) mass is 295 g/mol. The summed E-state index contributed by atoms with van der Waals surface area (Å²) in [6.45, 7) is 5.25. The Morgan fingerprint density at radius 1 is 1.30 bits per heavy atom. The maximum atomic E-state index is 11.9. The lowest BCUT2D eigenvalue weighted by molar-refractivity contribution is -0.121. The molecule has 0 spiro atoms. The van der Waals surface area contributed by atoms with Gasteiger partial charge >= 0.3 is 0 Å². The molecule has 108 valence electrons. The molecule has 1 aromatic rings. The standard InChI is InChI=1S/C14H18ClN3O2/c1-4-13(19)18-17-9(2)8-14(20)16-12-7-5-6-11(15)10(12)3/h5-7H,4,8H2,1-3H3,(H,16,20)(H,18,19)/b17-9+. The van der Waals surface area contributed by atoms with E-state index in [2.05, 4.69) is 15.8 Å². The minimum absolute atomic E-state index is 0.107. The molecule has 0 saturated heterocycles. The van der Waals surface area contributed by atoms with Crippen molar-refractivity contribution >= 4 is 34.8 Å². The van der Waals surface area contributed by atoms with Crippen LogP contribution in [0.25, 0.3) is 0 Å². The quantitative estimate of drug-likeness (QED) is 0.648. The summed E-state index contributed by atoms with van der Waals surface area (Å²) in [5.74, 6) is -0.391. The van der Waals surface area contributed by atoms with Crippen molar-refractivity contribution in [2.45, 2.75) is 33.6 Å². The highest BCUT2D eigenvalue weighted by atomic mass is 35.5. The van der Waals surface area contributed by atoms with Crippen LogP contribution in [0, 0.1) is 6.92 Å². The van der Waals surface area contributed by atoms with Crippen LogP contribution in [0.3, 0.4) is 0 Å². The minimum Gasteiger partial charge on any atom is -0.325 e. The van der Waals surface area contributed by atoms with Gasteiger partial charge in [0, 0.05) is 22.8 Å². The lowest BCUT2D eigenvalue weighted by Gasteiger charge is -2.09. The van der Waals surface area contributed by atoms with E-state index in [1.165, 1.54) is 0 Å². The highest BCUT2D eigenvalue weighted by Crippen LogP contribution is 2.22. The molecule has 0 aliphatic carbocycles. The van der Waals surface area contributed by atoms with Crippen molar-refractivity contribution < 1.29 is 9.59 Å². The molecule has 2 amide bonds. The Kier molecular flexibility index (Phi) is 6.18. The molecular weight excluding hydrogens is 278 g/mol. The van der Waals surface area contributed by atoms with Gasteiger partial charge in [-0.15, -0.1) is 0 Å². The molecule has 0 atom stereocenters. The van der Waals surface area contributed by atoms with Gasteiger partial charge in [0.2, 0.25) is 11.8 Å². The van der Waals surface area contributed by atoms with Crippen LogP contribution in [0.4, 0.5) is 5.69 Å². The van der Waals surface area contributed by atoms with Crippen LogP contribution in [0.2, 0.25) is 5.02 Å². The number of anilines is 1. The van der Waals surface area contributed by atoms with Crippen LogP contribution in [0.1, 0.15) is 32.3 Å². The molecule has 0 saturated carbocycles. The second-order valence-electron chi connectivity index (χ2n) is 4.37. The molecular formula is C14H18ClN3O2. The van der Waals surface area contributed by atoms with Gasteiger partial charge in [0.05, 0.1) is 6.42 Å². The van der Waals surface area contributed by atoms with E-state index in [-0.39, 0.29) is 18.2 Å². The zero-order valence-electron chi connectivity index (χ0n) is 11.8. The Bertz CT molecular complexity index is 541. The molecule has 20 heavy (non-hydrogen) atoms. The molecule has 0 aliphatic heterocycles. The smallest absolute Gasteiger partial charge is 0.239 e. The summed E-state index contributed by atoms with van der Waals surface area (Å²) in [5.41, 5.74) is 4.39. The fourth-order valence-corrected chi connectivity index (χ4v) is 1.62. The van der Waals surface area contributed by atoms with Crippen molar-refractivity contribution in [3.8, 4) is 0 Å². The molecule has 0 heterocycles. The number of rotatable bonds is 5. The highest BCUT2D eigenvalue weighted by molar-refractivity contribution is 6.31. The molecule has 2 N–H and O–H groups in total. The van der Waals surface area contributed by atoms with E-state index in [0.717, 1.165) is 5.56 Å². The maximum Gasteiger partial charge on any atom is 0.239 e. The molecule has 0 bridgehead atoms. The normalized spacial score (nSPS) is 11.1. The summed E-state index contributed by atoms with van der Waals surface area (Å²) in [6, 6.07) is 5.32. The summed E-state index contributed by atoms with van der Waals surface area (Å²) in [4.78, 5) is 22.9. The zero-order valence-corrected chi connectivity index (χ0v) is 12.5. The van der Waals surface area contributed by atoms with Crippen LogP contribution in [-0.4, -0.2) is 17.5 Å². The van der Waals surface area contributed by atoms with E-state index in [0.29, 0.717) is 22.8 Å². The van der Waals surface area contributed by atoms with E-state index >= 15 is 0 Å². The Hall–Kier alpha value is -1.88. The molecule has 0 aromatic heterocycles. The Balaban J connectivity index is 2.59. The van der Waals surface area contributed by atoms with Crippen LogP contribution in [0.5, 0.6) is 0 Å². The first kappa shape index (κ1) is 16.2. The van der Waals surface area contributed by atoms with Crippen LogP contribution >= 0.6 is 11.6 Å². The van der Waals surface area contributed by atoms with Gasteiger partial charge in [-0.3, -0.25) is 9.59 Å².